The van der Waals surface area contributed by atoms with Gasteiger partial charge in [0.25, 0.3) is 0 Å². The minimum Gasteiger partial charge on any atom is -0.0616 e. The van der Waals surface area contributed by atoms with Crippen LogP contribution in [-0.4, -0.2) is 0 Å². The highest BCUT2D eigenvalue weighted by molar-refractivity contribution is 6.24. The normalized spacial score (nSPS) is 11.6. The van der Waals surface area contributed by atoms with E-state index in [9.17, 15) is 0 Å². The maximum Gasteiger partial charge on any atom is -0.00262 e. The molecule has 0 bridgehead atoms. The van der Waals surface area contributed by atoms with E-state index in [1.165, 1.54) is 197 Å². The van der Waals surface area contributed by atoms with Gasteiger partial charge in [-0.05, 0) is 203 Å². The molecule has 0 spiro atoms. The summed E-state index contributed by atoms with van der Waals surface area (Å²) in [6.07, 6.45) is 0. The lowest BCUT2D eigenvalue weighted by Crippen LogP contribution is -1.91. The monoisotopic (exact) mass is 1260 g/mol. The van der Waals surface area contributed by atoms with Crippen LogP contribution in [-0.2, 0) is 0 Å². The van der Waals surface area contributed by atoms with Crippen LogP contribution in [0.25, 0.3) is 197 Å². The fourth-order valence-electron chi connectivity index (χ4n) is 16.3. The van der Waals surface area contributed by atoms with Gasteiger partial charge in [-0.1, -0.05) is 382 Å². The van der Waals surface area contributed by atoms with Crippen molar-refractivity contribution in [3.63, 3.8) is 0 Å². The molecule has 0 radical (unpaired) electrons. The van der Waals surface area contributed by atoms with Crippen molar-refractivity contribution in [1.29, 1.82) is 0 Å². The van der Waals surface area contributed by atoms with Crippen molar-refractivity contribution >= 4 is 108 Å². The molecule has 0 unspecified atom stereocenters. The summed E-state index contributed by atoms with van der Waals surface area (Å²) in [5.74, 6) is 0. The van der Waals surface area contributed by atoms with Crippen molar-refractivity contribution in [2.45, 2.75) is 0 Å². The predicted molar refractivity (Wildman–Crippen MR) is 431 cm³/mol. The lowest BCUT2D eigenvalue weighted by atomic mass is 9.85. The largest absolute Gasteiger partial charge is 0.0616 e. The van der Waals surface area contributed by atoms with Gasteiger partial charge in [-0.15, -0.1) is 0 Å². The van der Waals surface area contributed by atoms with Crippen molar-refractivity contribution in [2.75, 3.05) is 0 Å². The van der Waals surface area contributed by atoms with Crippen molar-refractivity contribution in [3.8, 4) is 89.0 Å². The minimum atomic E-state index is 1.22. The van der Waals surface area contributed by atoms with E-state index in [2.05, 4.69) is 388 Å². The first kappa shape index (κ1) is 58.4. The summed E-state index contributed by atoms with van der Waals surface area (Å²) in [5, 5.41) is 25.5. The maximum absolute atomic E-state index is 2.37. The summed E-state index contributed by atoms with van der Waals surface area (Å²) >= 11 is 0. The molecule has 0 N–H and O–H groups in total. The zero-order valence-electron chi connectivity index (χ0n) is 55.0. The zero-order valence-corrected chi connectivity index (χ0v) is 55.0. The van der Waals surface area contributed by atoms with Crippen LogP contribution in [0.2, 0.25) is 0 Å². The lowest BCUT2D eigenvalue weighted by molar-refractivity contribution is 1.62. The van der Waals surface area contributed by atoms with Crippen molar-refractivity contribution in [2.24, 2.45) is 0 Å². The first-order valence-electron chi connectivity index (χ1n) is 34.7. The molecule has 0 amide bonds. The highest BCUT2D eigenvalue weighted by atomic mass is 14.2. The SMILES string of the molecule is c1cc(-c2cccc3ccccc23)cc(-c2c3ccccc3c(-c3ccc(-c4cccc5ccc6ccccc6c45)cc3)c3ccccc23)c1.c1ccc2c(-c3ccc(-c4c5ccccc5c(-c5ccc(-c6cccc7ccc8ccccc8c67)cc5)c5ccccc45)cc3)cccc2c1. The predicted octanol–water partition coefficient (Wildman–Crippen LogP) is 28.2. The maximum atomic E-state index is 2.37. The molecule has 20 aromatic rings. The summed E-state index contributed by atoms with van der Waals surface area (Å²) in [5.41, 5.74) is 20.0. The van der Waals surface area contributed by atoms with Crippen LogP contribution in [0.3, 0.4) is 0 Å². The number of rotatable bonds is 8. The van der Waals surface area contributed by atoms with E-state index in [0.717, 1.165) is 0 Å². The van der Waals surface area contributed by atoms with Gasteiger partial charge >= 0.3 is 0 Å². The van der Waals surface area contributed by atoms with E-state index < -0.39 is 0 Å². The molecule has 20 rings (SSSR count). The van der Waals surface area contributed by atoms with Crippen LogP contribution in [0.15, 0.2) is 388 Å². The second-order valence-electron chi connectivity index (χ2n) is 26.4. The van der Waals surface area contributed by atoms with E-state index in [1.807, 2.05) is 0 Å². The van der Waals surface area contributed by atoms with Gasteiger partial charge in [-0.25, -0.2) is 0 Å². The van der Waals surface area contributed by atoms with Gasteiger partial charge in [-0.2, -0.15) is 0 Å². The van der Waals surface area contributed by atoms with Crippen LogP contribution in [0.4, 0.5) is 0 Å². The molecule has 100 heavy (non-hydrogen) atoms. The highest BCUT2D eigenvalue weighted by Gasteiger charge is 2.21. The lowest BCUT2D eigenvalue weighted by Gasteiger charge is -2.18. The van der Waals surface area contributed by atoms with Crippen LogP contribution in [0.1, 0.15) is 0 Å². The molecule has 0 atom stereocenters. The quantitative estimate of drug-likeness (QED) is 0.105. The van der Waals surface area contributed by atoms with Gasteiger partial charge in [0.05, 0.1) is 0 Å². The summed E-state index contributed by atoms with van der Waals surface area (Å²) in [4.78, 5) is 0. The van der Waals surface area contributed by atoms with Crippen LogP contribution in [0, 0.1) is 0 Å². The third kappa shape index (κ3) is 9.99. The summed E-state index contributed by atoms with van der Waals surface area (Å²) in [6, 6.07) is 143. The first-order chi connectivity index (χ1) is 49.6. The topological polar surface area (TPSA) is 0 Å². The van der Waals surface area contributed by atoms with Crippen LogP contribution >= 0.6 is 0 Å². The molecule has 0 heteroatoms. The minimum absolute atomic E-state index is 1.22. The van der Waals surface area contributed by atoms with Crippen molar-refractivity contribution in [1.82, 2.24) is 0 Å². The first-order valence-corrected chi connectivity index (χ1v) is 34.7. The fourth-order valence-corrected chi connectivity index (χ4v) is 16.3. The number of benzene rings is 20. The molecule has 0 saturated carbocycles. The molecular weight excluding hydrogens is 1200 g/mol. The van der Waals surface area contributed by atoms with E-state index >= 15 is 0 Å². The summed E-state index contributed by atoms with van der Waals surface area (Å²) in [7, 11) is 0. The summed E-state index contributed by atoms with van der Waals surface area (Å²) in [6.45, 7) is 0. The summed E-state index contributed by atoms with van der Waals surface area (Å²) < 4.78 is 0. The average molecular weight is 1270 g/mol. The molecule has 20 aromatic carbocycles. The molecule has 0 aliphatic heterocycles. The Hall–Kier alpha value is -13.0. The Morgan fingerprint density at radius 3 is 0.690 bits per heavy atom. The van der Waals surface area contributed by atoms with Gasteiger partial charge in [0.1, 0.15) is 0 Å². The molecule has 464 valence electrons. The second-order valence-corrected chi connectivity index (χ2v) is 26.4. The molecule has 0 aliphatic carbocycles. The van der Waals surface area contributed by atoms with Crippen molar-refractivity contribution in [3.05, 3.63) is 388 Å². The Morgan fingerprint density at radius 2 is 0.330 bits per heavy atom. The number of hydrogen-bond acceptors (Lipinski definition) is 0. The molecule has 0 fully saturated rings. The Labute approximate surface area is 581 Å². The second kappa shape index (κ2) is 24.6. The molecule has 0 aromatic heterocycles. The van der Waals surface area contributed by atoms with Gasteiger partial charge in [0.15, 0.2) is 0 Å². The smallest absolute Gasteiger partial charge is 0.00262 e. The Kier molecular flexibility index (Phi) is 14.3. The zero-order chi connectivity index (χ0) is 66.0. The Bertz CT molecular complexity index is 6490. The van der Waals surface area contributed by atoms with Gasteiger partial charge in [0.2, 0.25) is 0 Å². The Morgan fingerprint density at radius 1 is 0.110 bits per heavy atom. The average Bonchev–Trinajstić information content (AvgIpc) is 0.738. The number of fused-ring (bicyclic) bond motifs is 12. The number of hydrogen-bond donors (Lipinski definition) is 0. The third-order valence-electron chi connectivity index (χ3n) is 20.9. The van der Waals surface area contributed by atoms with E-state index in [-0.39, 0.29) is 0 Å². The van der Waals surface area contributed by atoms with Gasteiger partial charge < -0.3 is 0 Å². The molecule has 0 aliphatic rings. The van der Waals surface area contributed by atoms with Gasteiger partial charge in [0, 0.05) is 0 Å². The Balaban J connectivity index is 0.000000139. The third-order valence-corrected chi connectivity index (χ3v) is 20.9. The van der Waals surface area contributed by atoms with Crippen LogP contribution in [0.5, 0.6) is 0 Å². The molecule has 0 saturated heterocycles. The van der Waals surface area contributed by atoms with Crippen molar-refractivity contribution < 1.29 is 0 Å². The molecule has 0 heterocycles. The fraction of sp³-hybridized carbons (Fsp3) is 0. The molecular formula is C100H64. The molecule has 0 nitrogen and oxygen atoms in total. The highest BCUT2D eigenvalue weighted by Crippen LogP contribution is 2.48. The van der Waals surface area contributed by atoms with Gasteiger partial charge in [-0.3, -0.25) is 0 Å². The van der Waals surface area contributed by atoms with E-state index in [4.69, 9.17) is 0 Å². The van der Waals surface area contributed by atoms with E-state index in [0.29, 0.717) is 0 Å². The van der Waals surface area contributed by atoms with Crippen LogP contribution < -0.4 is 0 Å². The van der Waals surface area contributed by atoms with E-state index in [1.54, 1.807) is 0 Å². The standard InChI is InChI=1S/2C50H32/c1-3-18-40-33(12-1)14-10-24-41(40)38-16-9-17-39(32-38)50-46-22-7-5-20-44(46)49(45-21-6-8-23-47(45)50)37-30-27-35(28-31-37)43-25-11-15-36-29-26-34-13-2-4-19-42(34)48(36)43;1-3-15-40-33(11-1)13-9-21-41(40)35-24-29-38(30-25-35)49-44-17-5-7-19-46(44)50(47-20-8-6-18-45(47)49)39-31-26-36(27-32-39)43-22-10-14-37-28-23-34-12-2-4-16-42(34)48(37)43/h2*1-32H.